The van der Waals surface area contributed by atoms with E-state index in [4.69, 9.17) is 10.4 Å². The van der Waals surface area contributed by atoms with Crippen LogP contribution in [0, 0.1) is 11.3 Å². The molecule has 0 unspecified atom stereocenters. The third-order valence-electron chi connectivity index (χ3n) is 4.15. The van der Waals surface area contributed by atoms with Gasteiger partial charge >= 0.3 is 0 Å². The lowest BCUT2D eigenvalue weighted by Crippen LogP contribution is -2.05. The van der Waals surface area contributed by atoms with Crippen LogP contribution in [-0.4, -0.2) is 14.8 Å². The Labute approximate surface area is 159 Å². The molecule has 4 nitrogen and oxygen atoms in total. The molecule has 0 atom stereocenters. The zero-order valence-corrected chi connectivity index (χ0v) is 15.2. The molecule has 0 spiro atoms. The van der Waals surface area contributed by atoms with Gasteiger partial charge in [-0.05, 0) is 42.3 Å². The van der Waals surface area contributed by atoms with Crippen LogP contribution in [0.3, 0.4) is 0 Å². The summed E-state index contributed by atoms with van der Waals surface area (Å²) in [4.78, 5) is 4.18. The molecular formula is C23H20N4. The molecule has 2 heterocycles. The van der Waals surface area contributed by atoms with E-state index in [0.29, 0.717) is 12.1 Å². The Hall–Kier alpha value is -3.71. The Bertz CT molecular complexity index is 1020. The second-order valence-electron chi connectivity index (χ2n) is 6.01. The van der Waals surface area contributed by atoms with Gasteiger partial charge in [-0.1, -0.05) is 49.1 Å². The van der Waals surface area contributed by atoms with Gasteiger partial charge in [-0.2, -0.15) is 10.4 Å². The van der Waals surface area contributed by atoms with E-state index < -0.39 is 0 Å². The molecule has 0 saturated carbocycles. The van der Waals surface area contributed by atoms with Gasteiger partial charge in [0.1, 0.15) is 0 Å². The van der Waals surface area contributed by atoms with Crippen molar-refractivity contribution in [2.45, 2.75) is 13.5 Å². The van der Waals surface area contributed by atoms with Crippen molar-refractivity contribution >= 4 is 5.57 Å². The van der Waals surface area contributed by atoms with Crippen LogP contribution in [0.25, 0.3) is 16.8 Å². The summed E-state index contributed by atoms with van der Waals surface area (Å²) in [7, 11) is 0. The number of aromatic nitrogens is 3. The minimum absolute atomic E-state index is 0.595. The predicted octanol–water partition coefficient (Wildman–Crippen LogP) is 5.03. The zero-order valence-electron chi connectivity index (χ0n) is 15.2. The maximum Gasteiger partial charge on any atom is 0.0988 e. The zero-order chi connectivity index (χ0) is 19.1. The van der Waals surface area contributed by atoms with E-state index in [9.17, 15) is 0 Å². The number of allylic oxidation sites excluding steroid dienone is 5. The number of benzene rings is 1. The molecule has 4 heteroatoms. The number of hydrogen-bond donors (Lipinski definition) is 0. The smallest absolute Gasteiger partial charge is 0.0988 e. The number of hydrogen-bond acceptors (Lipinski definition) is 3. The number of nitrogens with zero attached hydrogens (tertiary/aromatic N) is 4. The van der Waals surface area contributed by atoms with E-state index in [1.807, 2.05) is 54.1 Å². The summed E-state index contributed by atoms with van der Waals surface area (Å²) in [5.41, 5.74) is 5.24. The third-order valence-corrected chi connectivity index (χ3v) is 4.15. The van der Waals surface area contributed by atoms with Crippen molar-refractivity contribution in [3.05, 3.63) is 103 Å². The van der Waals surface area contributed by atoms with Gasteiger partial charge in [0.25, 0.3) is 0 Å². The van der Waals surface area contributed by atoms with Crippen molar-refractivity contribution < 1.29 is 0 Å². The fraction of sp³-hybridized carbons (Fsp3) is 0.0870. The summed E-state index contributed by atoms with van der Waals surface area (Å²) in [6, 6.07) is 18.2. The van der Waals surface area contributed by atoms with E-state index in [2.05, 4.69) is 29.8 Å². The molecule has 1 aromatic carbocycles. The fourth-order valence-electron chi connectivity index (χ4n) is 2.68. The second-order valence-corrected chi connectivity index (χ2v) is 6.01. The van der Waals surface area contributed by atoms with Crippen molar-refractivity contribution in [2.75, 3.05) is 0 Å². The first-order valence-electron chi connectivity index (χ1n) is 8.67. The van der Waals surface area contributed by atoms with Crippen LogP contribution < -0.4 is 0 Å². The first-order chi connectivity index (χ1) is 13.2. The number of rotatable bonds is 6. The second kappa shape index (κ2) is 8.59. The van der Waals surface area contributed by atoms with Crippen molar-refractivity contribution in [1.82, 2.24) is 14.8 Å². The van der Waals surface area contributed by atoms with Gasteiger partial charge in [0, 0.05) is 23.5 Å². The van der Waals surface area contributed by atoms with Crippen LogP contribution in [0.1, 0.15) is 18.2 Å². The summed E-state index contributed by atoms with van der Waals surface area (Å²) < 4.78 is 1.94. The number of nitriles is 1. The highest BCUT2D eigenvalue weighted by molar-refractivity contribution is 5.74. The van der Waals surface area contributed by atoms with Gasteiger partial charge < -0.3 is 0 Å². The molecule has 0 aliphatic carbocycles. The summed E-state index contributed by atoms with van der Waals surface area (Å²) in [5, 5.41) is 13.9. The lowest BCUT2D eigenvalue weighted by Gasteiger charge is -2.07. The van der Waals surface area contributed by atoms with Crippen molar-refractivity contribution in [1.29, 1.82) is 5.26 Å². The molecule has 132 valence electrons. The molecular weight excluding hydrogens is 332 g/mol. The van der Waals surface area contributed by atoms with Crippen LogP contribution in [0.5, 0.6) is 0 Å². The molecule has 27 heavy (non-hydrogen) atoms. The van der Waals surface area contributed by atoms with E-state index in [1.165, 1.54) is 0 Å². The van der Waals surface area contributed by atoms with Crippen molar-refractivity contribution in [2.24, 2.45) is 0 Å². The molecule has 0 saturated heterocycles. The molecule has 0 fully saturated rings. The monoisotopic (exact) mass is 352 g/mol. The Kier molecular flexibility index (Phi) is 5.76. The first kappa shape index (κ1) is 18.1. The van der Waals surface area contributed by atoms with Gasteiger partial charge in [-0.25, -0.2) is 0 Å². The maximum absolute atomic E-state index is 9.09. The molecule has 0 aliphatic rings. The lowest BCUT2D eigenvalue weighted by atomic mass is 10.1. The topological polar surface area (TPSA) is 54.5 Å². The summed E-state index contributed by atoms with van der Waals surface area (Å²) in [5.74, 6) is 0. The SMILES string of the molecule is C=C(/C=C\C(C#N)=C/C)c1cc(-c2cccnc2)nn1Cc1ccccc1. The van der Waals surface area contributed by atoms with Crippen LogP contribution in [0.2, 0.25) is 0 Å². The fourth-order valence-corrected chi connectivity index (χ4v) is 2.68. The molecule has 0 N–H and O–H groups in total. The van der Waals surface area contributed by atoms with E-state index >= 15 is 0 Å². The molecule has 0 bridgehead atoms. The Morgan fingerprint density at radius 3 is 2.67 bits per heavy atom. The Morgan fingerprint density at radius 1 is 1.19 bits per heavy atom. The number of pyridine rings is 1. The highest BCUT2D eigenvalue weighted by atomic mass is 15.3. The molecule has 0 radical (unpaired) electrons. The minimum Gasteiger partial charge on any atom is -0.264 e. The molecule has 0 amide bonds. The molecule has 2 aromatic heterocycles. The van der Waals surface area contributed by atoms with Crippen LogP contribution in [0.15, 0.2) is 91.3 Å². The average Bonchev–Trinajstić information content (AvgIpc) is 3.14. The van der Waals surface area contributed by atoms with Crippen LogP contribution in [0.4, 0.5) is 0 Å². The Morgan fingerprint density at radius 2 is 2.00 bits per heavy atom. The van der Waals surface area contributed by atoms with Gasteiger partial charge in [0.2, 0.25) is 0 Å². The standard InChI is InChI=1S/C23H20N4/c1-3-19(15-24)12-11-18(2)23-14-22(21-10-7-13-25-16-21)26-27(23)17-20-8-5-4-6-9-20/h3-14,16H,2,17H2,1H3/b12-11-,19-3+. The highest BCUT2D eigenvalue weighted by Crippen LogP contribution is 2.24. The molecule has 3 rings (SSSR count). The summed E-state index contributed by atoms with van der Waals surface area (Å²) >= 11 is 0. The largest absolute Gasteiger partial charge is 0.264 e. The van der Waals surface area contributed by atoms with E-state index in [1.54, 1.807) is 24.5 Å². The Balaban J connectivity index is 1.98. The van der Waals surface area contributed by atoms with Crippen LogP contribution >= 0.6 is 0 Å². The third kappa shape index (κ3) is 4.47. The van der Waals surface area contributed by atoms with E-state index in [0.717, 1.165) is 28.1 Å². The van der Waals surface area contributed by atoms with Crippen LogP contribution in [-0.2, 0) is 6.54 Å². The highest BCUT2D eigenvalue weighted by Gasteiger charge is 2.12. The lowest BCUT2D eigenvalue weighted by molar-refractivity contribution is 0.681. The normalized spacial score (nSPS) is 11.5. The quantitative estimate of drug-likeness (QED) is 0.462. The van der Waals surface area contributed by atoms with Gasteiger partial charge in [0.05, 0.1) is 24.0 Å². The summed E-state index contributed by atoms with van der Waals surface area (Å²) in [6.45, 7) is 6.65. The summed E-state index contributed by atoms with van der Waals surface area (Å²) in [6.07, 6.45) is 8.93. The van der Waals surface area contributed by atoms with Gasteiger partial charge in [0.15, 0.2) is 0 Å². The van der Waals surface area contributed by atoms with E-state index in [-0.39, 0.29) is 0 Å². The first-order valence-corrected chi connectivity index (χ1v) is 8.67. The van der Waals surface area contributed by atoms with Gasteiger partial charge in [-0.15, -0.1) is 0 Å². The molecule has 3 aromatic rings. The van der Waals surface area contributed by atoms with Crippen molar-refractivity contribution in [3.8, 4) is 17.3 Å². The average molecular weight is 352 g/mol. The van der Waals surface area contributed by atoms with Gasteiger partial charge in [-0.3, -0.25) is 9.67 Å². The predicted molar refractivity (Wildman–Crippen MR) is 109 cm³/mol. The minimum atomic E-state index is 0.595. The van der Waals surface area contributed by atoms with Crippen molar-refractivity contribution in [3.63, 3.8) is 0 Å². The molecule has 0 aliphatic heterocycles. The maximum atomic E-state index is 9.09.